The van der Waals surface area contributed by atoms with Crippen LogP contribution in [0.25, 0.3) is 0 Å². The third-order valence-electron chi connectivity index (χ3n) is 5.22. The van der Waals surface area contributed by atoms with Crippen molar-refractivity contribution < 1.29 is 38.1 Å². The van der Waals surface area contributed by atoms with E-state index in [1.807, 2.05) is 67.2 Å². The summed E-state index contributed by atoms with van der Waals surface area (Å²) in [5.41, 5.74) is -2.42. The summed E-state index contributed by atoms with van der Waals surface area (Å²) < 4.78 is 21.8. The Kier molecular flexibility index (Phi) is 17.3. The van der Waals surface area contributed by atoms with Crippen molar-refractivity contribution in [2.45, 2.75) is 131 Å². The number of rotatable bonds is 17. The molecule has 12 nitrogen and oxygen atoms in total. The number of unbranched alkanes of at least 4 members (excludes halogenated alkanes) is 1. The summed E-state index contributed by atoms with van der Waals surface area (Å²) in [6, 6.07) is -0.576. The largest absolute Gasteiger partial charge is 0.459 e. The second kappa shape index (κ2) is 18.4. The fourth-order valence-electron chi connectivity index (χ4n) is 3.79. The minimum Gasteiger partial charge on any atom is -0.459 e. The Balaban J connectivity index is 5.41. The predicted octanol–water partition coefficient (Wildman–Crippen LogP) is 3.56. The maximum absolute atomic E-state index is 13.4. The second-order valence-electron chi connectivity index (χ2n) is 14.5. The molecule has 43 heavy (non-hydrogen) atoms. The molecule has 12 heteroatoms. The fraction of sp³-hybridized carbons (Fsp3) is 0.871. The third kappa shape index (κ3) is 24.7. The molecule has 0 spiro atoms. The van der Waals surface area contributed by atoms with E-state index in [-0.39, 0.29) is 31.0 Å². The molecule has 0 radical (unpaired) electrons. The molecular formula is C31H60N4O8. The molecule has 0 fully saturated rings. The lowest BCUT2D eigenvalue weighted by Crippen LogP contribution is -2.49. The van der Waals surface area contributed by atoms with Gasteiger partial charge in [-0.2, -0.15) is 0 Å². The highest BCUT2D eigenvalue weighted by Gasteiger charge is 2.30. The number of carbonyl (C=O) groups is 4. The third-order valence-corrected chi connectivity index (χ3v) is 5.22. The van der Waals surface area contributed by atoms with Crippen LogP contribution in [0.5, 0.6) is 0 Å². The highest BCUT2D eigenvalue weighted by molar-refractivity contribution is 5.76. The highest BCUT2D eigenvalue weighted by Crippen LogP contribution is 2.16. The average molecular weight is 617 g/mol. The van der Waals surface area contributed by atoms with Crippen LogP contribution in [0.3, 0.4) is 0 Å². The molecule has 0 saturated heterocycles. The molecule has 0 aliphatic heterocycles. The molecule has 0 aliphatic rings. The Labute approximate surface area is 259 Å². The monoisotopic (exact) mass is 616 g/mol. The van der Waals surface area contributed by atoms with E-state index in [1.165, 1.54) is 0 Å². The number of hydrogen-bond donors (Lipinski definition) is 3. The van der Waals surface area contributed by atoms with Crippen LogP contribution in [0.15, 0.2) is 0 Å². The maximum Gasteiger partial charge on any atom is 0.407 e. The molecule has 0 bridgehead atoms. The molecule has 0 heterocycles. The smallest absolute Gasteiger partial charge is 0.407 e. The van der Waals surface area contributed by atoms with Gasteiger partial charge in [-0.25, -0.2) is 4.79 Å². The van der Waals surface area contributed by atoms with Crippen LogP contribution in [0.4, 0.5) is 4.79 Å². The van der Waals surface area contributed by atoms with E-state index in [1.54, 1.807) is 20.8 Å². The predicted molar refractivity (Wildman–Crippen MR) is 167 cm³/mol. The first-order chi connectivity index (χ1) is 19.5. The minimum absolute atomic E-state index is 0.0371. The first-order valence-electron chi connectivity index (χ1n) is 15.3. The summed E-state index contributed by atoms with van der Waals surface area (Å²) in [5, 5.41) is 8.94. The number of esters is 3. The molecule has 0 aliphatic carbocycles. The maximum atomic E-state index is 13.4. The number of alkyl carbamates (subject to hydrolysis) is 1. The molecule has 1 atom stereocenters. The van der Waals surface area contributed by atoms with E-state index in [0.29, 0.717) is 52.0 Å². The Morgan fingerprint density at radius 2 is 1.00 bits per heavy atom. The van der Waals surface area contributed by atoms with Crippen LogP contribution >= 0.6 is 0 Å². The summed E-state index contributed by atoms with van der Waals surface area (Å²) in [6.45, 7) is 23.9. The zero-order valence-corrected chi connectivity index (χ0v) is 28.9. The topological polar surface area (TPSA) is 145 Å². The molecule has 0 aromatic heterocycles. The molecule has 1 amide bonds. The molecule has 0 unspecified atom stereocenters. The Hall–Kier alpha value is -2.44. The fourth-order valence-corrected chi connectivity index (χ4v) is 3.79. The normalized spacial score (nSPS) is 13.3. The number of nitrogens with one attached hydrogen (secondary N) is 3. The van der Waals surface area contributed by atoms with Crippen LogP contribution < -0.4 is 16.0 Å². The molecule has 0 rings (SSSR count). The van der Waals surface area contributed by atoms with Gasteiger partial charge in [-0.3, -0.25) is 19.3 Å². The van der Waals surface area contributed by atoms with Gasteiger partial charge in [0.05, 0.1) is 13.1 Å². The lowest BCUT2D eigenvalue weighted by atomic mass is 10.1. The van der Waals surface area contributed by atoms with Crippen molar-refractivity contribution in [2.24, 2.45) is 0 Å². The van der Waals surface area contributed by atoms with Gasteiger partial charge in [0.15, 0.2) is 0 Å². The van der Waals surface area contributed by atoms with Gasteiger partial charge in [-0.1, -0.05) is 0 Å². The second-order valence-corrected chi connectivity index (χ2v) is 14.5. The van der Waals surface area contributed by atoms with Gasteiger partial charge < -0.3 is 34.9 Å². The van der Waals surface area contributed by atoms with Crippen molar-refractivity contribution in [3.8, 4) is 0 Å². The van der Waals surface area contributed by atoms with Crippen LogP contribution in [-0.4, -0.2) is 103 Å². The first-order valence-corrected chi connectivity index (χ1v) is 15.3. The van der Waals surface area contributed by atoms with Crippen molar-refractivity contribution in [1.29, 1.82) is 0 Å². The number of ether oxygens (including phenoxy) is 4. The van der Waals surface area contributed by atoms with Crippen LogP contribution in [0.1, 0.15) is 102 Å². The summed E-state index contributed by atoms with van der Waals surface area (Å²) in [6.07, 6.45) is 1.29. The molecule has 3 N–H and O–H groups in total. The van der Waals surface area contributed by atoms with Crippen molar-refractivity contribution in [3.63, 3.8) is 0 Å². The number of nitrogens with zero attached hydrogens (tertiary/aromatic N) is 1. The van der Waals surface area contributed by atoms with Gasteiger partial charge in [0.25, 0.3) is 0 Å². The zero-order valence-electron chi connectivity index (χ0n) is 28.9. The summed E-state index contributed by atoms with van der Waals surface area (Å²) >= 11 is 0. The summed E-state index contributed by atoms with van der Waals surface area (Å²) in [7, 11) is 0. The molecular weight excluding hydrogens is 556 g/mol. The van der Waals surface area contributed by atoms with E-state index < -0.39 is 34.5 Å². The first kappa shape index (κ1) is 40.6. The number of carbonyl (C=O) groups excluding carboxylic acids is 4. The lowest BCUT2D eigenvalue weighted by Gasteiger charge is -2.33. The van der Waals surface area contributed by atoms with Gasteiger partial charge in [-0.05, 0) is 102 Å². The SMILES string of the molecule is CC(C)(C)OC(=O)CNCCN(CCNCC(=O)OC(C)(C)C)[C@@H](CCCCNC(=O)OC(C)(C)C)C(=O)OC(C)(C)C. The van der Waals surface area contributed by atoms with Crippen molar-refractivity contribution >= 4 is 24.0 Å². The van der Waals surface area contributed by atoms with E-state index >= 15 is 0 Å². The molecule has 0 aromatic carbocycles. The number of hydrogen-bond acceptors (Lipinski definition) is 11. The average Bonchev–Trinajstić information content (AvgIpc) is 2.76. The zero-order chi connectivity index (χ0) is 33.5. The van der Waals surface area contributed by atoms with Crippen LogP contribution in [-0.2, 0) is 33.3 Å². The quantitative estimate of drug-likeness (QED) is 0.125. The van der Waals surface area contributed by atoms with Gasteiger partial charge in [0.1, 0.15) is 28.4 Å². The van der Waals surface area contributed by atoms with E-state index in [4.69, 9.17) is 18.9 Å². The van der Waals surface area contributed by atoms with Gasteiger partial charge in [-0.15, -0.1) is 0 Å². The van der Waals surface area contributed by atoms with E-state index in [9.17, 15) is 19.2 Å². The molecule has 252 valence electrons. The lowest BCUT2D eigenvalue weighted by molar-refractivity contribution is -0.162. The van der Waals surface area contributed by atoms with E-state index in [2.05, 4.69) is 16.0 Å². The standard InChI is InChI=1S/C31H60N4O8/c1-28(2,3)40-24(36)21-32-17-19-35(20-18-33-22-25(37)41-29(4,5)6)23(26(38)42-30(7,8)9)15-13-14-16-34-27(39)43-31(10,11)12/h23,32-33H,13-22H2,1-12H3,(H,34,39)/t23-/m0/s1. The summed E-state index contributed by atoms with van der Waals surface area (Å²) in [5.74, 6) is -1.08. The van der Waals surface area contributed by atoms with Crippen LogP contribution in [0, 0.1) is 0 Å². The Morgan fingerprint density at radius 3 is 1.40 bits per heavy atom. The van der Waals surface area contributed by atoms with Crippen molar-refractivity contribution in [2.75, 3.05) is 45.8 Å². The Bertz CT molecular complexity index is 831. The van der Waals surface area contributed by atoms with Gasteiger partial charge >= 0.3 is 24.0 Å². The Morgan fingerprint density at radius 1 is 0.581 bits per heavy atom. The van der Waals surface area contributed by atoms with Gasteiger partial charge in [0, 0.05) is 32.7 Å². The van der Waals surface area contributed by atoms with Crippen LogP contribution in [0.2, 0.25) is 0 Å². The molecule has 0 aromatic rings. The van der Waals surface area contributed by atoms with Crippen molar-refractivity contribution in [3.05, 3.63) is 0 Å². The summed E-state index contributed by atoms with van der Waals surface area (Å²) in [4.78, 5) is 51.6. The highest BCUT2D eigenvalue weighted by atomic mass is 16.6. The van der Waals surface area contributed by atoms with Crippen molar-refractivity contribution in [1.82, 2.24) is 20.9 Å². The van der Waals surface area contributed by atoms with E-state index in [0.717, 1.165) is 0 Å². The molecule has 0 saturated carbocycles. The minimum atomic E-state index is -0.677. The van der Waals surface area contributed by atoms with Gasteiger partial charge in [0.2, 0.25) is 0 Å². The number of amides is 1.